The monoisotopic (exact) mass is 464 g/mol. The average molecular weight is 465 g/mol. The van der Waals surface area contributed by atoms with Crippen molar-refractivity contribution in [1.29, 1.82) is 0 Å². The van der Waals surface area contributed by atoms with Crippen molar-refractivity contribution < 1.29 is 24.2 Å². The zero-order valence-corrected chi connectivity index (χ0v) is 19.5. The van der Waals surface area contributed by atoms with E-state index in [1.54, 1.807) is 0 Å². The van der Waals surface area contributed by atoms with E-state index in [0.717, 1.165) is 47.9 Å². The highest BCUT2D eigenvalue weighted by atomic mass is 16.5. The van der Waals surface area contributed by atoms with Gasteiger partial charge in [-0.25, -0.2) is 9.59 Å². The minimum absolute atomic E-state index is 0.0129. The van der Waals surface area contributed by atoms with Crippen molar-refractivity contribution in [3.8, 4) is 11.1 Å². The molecule has 4 rings (SSSR count). The summed E-state index contributed by atoms with van der Waals surface area (Å²) in [6, 6.07) is 14.4. The number of aliphatic carboxylic acids is 1. The Morgan fingerprint density at radius 2 is 1.62 bits per heavy atom. The Hall–Kier alpha value is -3.35. The van der Waals surface area contributed by atoms with Crippen molar-refractivity contribution in [2.24, 2.45) is 5.92 Å². The second-order valence-corrected chi connectivity index (χ2v) is 9.18. The number of unbranched alkanes of at least 4 members (excludes halogenated alkanes) is 1. The second kappa shape index (κ2) is 10.7. The summed E-state index contributed by atoms with van der Waals surface area (Å²) in [6.07, 6.45) is 3.85. The van der Waals surface area contributed by atoms with Gasteiger partial charge in [-0.3, -0.25) is 4.79 Å². The van der Waals surface area contributed by atoms with Crippen LogP contribution in [0.3, 0.4) is 0 Å². The number of carbonyl (C=O) groups excluding carboxylic acids is 2. The first-order chi connectivity index (χ1) is 16.5. The third-order valence-electron chi connectivity index (χ3n) is 6.98. The van der Waals surface area contributed by atoms with E-state index in [-0.39, 0.29) is 18.4 Å². The minimum Gasteiger partial charge on any atom is -0.480 e. The van der Waals surface area contributed by atoms with E-state index in [2.05, 4.69) is 22.8 Å². The number of nitrogens with one attached hydrogen (secondary N) is 2. The van der Waals surface area contributed by atoms with Gasteiger partial charge in [0.1, 0.15) is 18.7 Å². The highest BCUT2D eigenvalue weighted by Gasteiger charge is 2.36. The SMILES string of the molecule is CCCCC(NC(=O)C(NC(=O)OCC1c2ccccc2-c2ccccc21)C1CCC1)C(=O)O. The molecule has 7 nitrogen and oxygen atoms in total. The standard InChI is InChI=1S/C27H32N2O5/c1-2-3-15-23(26(31)32)28-25(30)24(17-9-8-10-17)29-27(33)34-16-22-20-13-6-4-11-18(20)19-12-5-7-14-21(19)22/h4-7,11-14,17,22-24H,2-3,8-10,15-16H2,1H3,(H,28,30)(H,29,33)(H,31,32). The predicted molar refractivity (Wildman–Crippen MR) is 128 cm³/mol. The summed E-state index contributed by atoms with van der Waals surface area (Å²) in [5.74, 6) is -1.60. The summed E-state index contributed by atoms with van der Waals surface area (Å²) in [4.78, 5) is 37.2. The van der Waals surface area contributed by atoms with Crippen LogP contribution in [-0.4, -0.2) is 41.8 Å². The van der Waals surface area contributed by atoms with Crippen LogP contribution in [0.4, 0.5) is 4.79 Å². The Morgan fingerprint density at radius 3 is 2.15 bits per heavy atom. The van der Waals surface area contributed by atoms with E-state index >= 15 is 0 Å². The number of hydrogen-bond acceptors (Lipinski definition) is 4. The lowest BCUT2D eigenvalue weighted by Gasteiger charge is -2.33. The zero-order valence-electron chi connectivity index (χ0n) is 19.5. The first-order valence-corrected chi connectivity index (χ1v) is 12.1. The van der Waals surface area contributed by atoms with Crippen LogP contribution in [0.5, 0.6) is 0 Å². The largest absolute Gasteiger partial charge is 0.480 e. The Bertz CT molecular complexity index is 1000. The number of rotatable bonds is 10. The van der Waals surface area contributed by atoms with Crippen LogP contribution in [0, 0.1) is 5.92 Å². The van der Waals surface area contributed by atoms with Gasteiger partial charge in [0, 0.05) is 5.92 Å². The van der Waals surface area contributed by atoms with Crippen molar-refractivity contribution in [2.75, 3.05) is 6.61 Å². The van der Waals surface area contributed by atoms with Gasteiger partial charge >= 0.3 is 12.1 Å². The van der Waals surface area contributed by atoms with Gasteiger partial charge < -0.3 is 20.5 Å². The van der Waals surface area contributed by atoms with Crippen LogP contribution < -0.4 is 10.6 Å². The van der Waals surface area contributed by atoms with Gasteiger partial charge in [-0.15, -0.1) is 0 Å². The predicted octanol–water partition coefficient (Wildman–Crippen LogP) is 4.45. The molecule has 2 unspecified atom stereocenters. The molecule has 0 saturated heterocycles. The van der Waals surface area contributed by atoms with Crippen LogP contribution in [0.2, 0.25) is 0 Å². The molecule has 1 fully saturated rings. The van der Waals surface area contributed by atoms with Crippen LogP contribution >= 0.6 is 0 Å². The fourth-order valence-electron chi connectivity index (χ4n) is 4.86. The normalized spacial score (nSPS) is 16.5. The third-order valence-corrected chi connectivity index (χ3v) is 6.98. The molecule has 2 aromatic rings. The molecule has 0 bridgehead atoms. The van der Waals surface area contributed by atoms with Crippen LogP contribution in [0.15, 0.2) is 48.5 Å². The molecule has 0 aliphatic heterocycles. The van der Waals surface area contributed by atoms with E-state index < -0.39 is 30.1 Å². The van der Waals surface area contributed by atoms with Crippen molar-refractivity contribution in [3.05, 3.63) is 59.7 Å². The molecule has 0 radical (unpaired) electrons. The van der Waals surface area contributed by atoms with E-state index in [4.69, 9.17) is 4.74 Å². The molecule has 1 saturated carbocycles. The Kier molecular flexibility index (Phi) is 7.50. The topological polar surface area (TPSA) is 105 Å². The molecule has 2 aliphatic carbocycles. The number of fused-ring (bicyclic) bond motifs is 3. The van der Waals surface area contributed by atoms with Gasteiger partial charge in [0.05, 0.1) is 0 Å². The second-order valence-electron chi connectivity index (χ2n) is 9.18. The molecule has 2 atom stereocenters. The van der Waals surface area contributed by atoms with E-state index in [9.17, 15) is 19.5 Å². The Labute approximate surface area is 199 Å². The summed E-state index contributed by atoms with van der Waals surface area (Å²) in [5.41, 5.74) is 4.52. The van der Waals surface area contributed by atoms with E-state index in [0.29, 0.717) is 12.8 Å². The number of carbonyl (C=O) groups is 3. The van der Waals surface area contributed by atoms with Gasteiger partial charge in [-0.1, -0.05) is 74.7 Å². The molecule has 180 valence electrons. The summed E-state index contributed by atoms with van der Waals surface area (Å²) in [5, 5.41) is 14.8. The maximum Gasteiger partial charge on any atom is 0.407 e. The molecule has 0 heterocycles. The molecular formula is C27H32N2O5. The average Bonchev–Trinajstić information content (AvgIpc) is 3.12. The van der Waals surface area contributed by atoms with Crippen molar-refractivity contribution >= 4 is 18.0 Å². The molecule has 0 spiro atoms. The van der Waals surface area contributed by atoms with Crippen LogP contribution in [-0.2, 0) is 14.3 Å². The molecule has 3 N–H and O–H groups in total. The molecule has 34 heavy (non-hydrogen) atoms. The number of alkyl carbamates (subject to hydrolysis) is 1. The summed E-state index contributed by atoms with van der Waals surface area (Å²) in [6.45, 7) is 2.13. The maximum absolute atomic E-state index is 12.9. The lowest BCUT2D eigenvalue weighted by molar-refractivity contribution is -0.142. The lowest BCUT2D eigenvalue weighted by Crippen LogP contribution is -2.55. The minimum atomic E-state index is -1.06. The highest BCUT2D eigenvalue weighted by molar-refractivity contribution is 5.89. The fourth-order valence-corrected chi connectivity index (χ4v) is 4.86. The number of carboxylic acids is 1. The van der Waals surface area contributed by atoms with Gasteiger partial charge in [0.2, 0.25) is 5.91 Å². The van der Waals surface area contributed by atoms with Gasteiger partial charge in [-0.2, -0.15) is 0 Å². The van der Waals surface area contributed by atoms with Crippen molar-refractivity contribution in [2.45, 2.75) is 63.5 Å². The molecule has 2 amide bonds. The van der Waals surface area contributed by atoms with Gasteiger partial charge in [0.25, 0.3) is 0 Å². The first-order valence-electron chi connectivity index (χ1n) is 12.1. The summed E-state index contributed by atoms with van der Waals surface area (Å²) in [7, 11) is 0. The number of hydrogen-bond donors (Lipinski definition) is 3. The number of ether oxygens (including phenoxy) is 1. The third kappa shape index (κ3) is 5.08. The van der Waals surface area contributed by atoms with E-state index in [1.807, 2.05) is 43.3 Å². The molecule has 2 aliphatic rings. The maximum atomic E-state index is 12.9. The van der Waals surface area contributed by atoms with Crippen LogP contribution in [0.25, 0.3) is 11.1 Å². The lowest BCUT2D eigenvalue weighted by atomic mass is 9.79. The fraction of sp³-hybridized carbons (Fsp3) is 0.444. The number of benzene rings is 2. The van der Waals surface area contributed by atoms with Crippen molar-refractivity contribution in [3.63, 3.8) is 0 Å². The number of carboxylic acid groups (broad SMARTS) is 1. The zero-order chi connectivity index (χ0) is 24.1. The molecule has 2 aromatic carbocycles. The Morgan fingerprint density at radius 1 is 1.00 bits per heavy atom. The summed E-state index contributed by atoms with van der Waals surface area (Å²) >= 11 is 0. The molecular weight excluding hydrogens is 432 g/mol. The molecule has 7 heteroatoms. The first kappa shape index (κ1) is 23.8. The van der Waals surface area contributed by atoms with Crippen LogP contribution in [0.1, 0.15) is 62.5 Å². The smallest absolute Gasteiger partial charge is 0.407 e. The van der Waals surface area contributed by atoms with Gasteiger partial charge in [-0.05, 0) is 47.4 Å². The van der Waals surface area contributed by atoms with Gasteiger partial charge in [0.15, 0.2) is 0 Å². The quantitative estimate of drug-likeness (QED) is 0.482. The van der Waals surface area contributed by atoms with Crippen molar-refractivity contribution in [1.82, 2.24) is 10.6 Å². The molecule has 0 aromatic heterocycles. The highest BCUT2D eigenvalue weighted by Crippen LogP contribution is 2.44. The Balaban J connectivity index is 1.40. The van der Waals surface area contributed by atoms with E-state index in [1.165, 1.54) is 0 Å². The summed E-state index contributed by atoms with van der Waals surface area (Å²) < 4.78 is 5.61. The number of amides is 2.